The quantitative estimate of drug-likeness (QED) is 0.321. The number of amides is 1. The van der Waals surface area contributed by atoms with E-state index in [1.54, 1.807) is 18.2 Å². The number of halogens is 2. The number of nitriles is 1. The molecule has 2 aromatic carbocycles. The number of fused-ring (bicyclic) bond motifs is 1. The van der Waals surface area contributed by atoms with Crippen LogP contribution in [0.2, 0.25) is 0 Å². The van der Waals surface area contributed by atoms with E-state index in [2.05, 4.69) is 15.2 Å². The Morgan fingerprint density at radius 1 is 1.07 bits per heavy atom. The molecule has 2 aliphatic rings. The van der Waals surface area contributed by atoms with Gasteiger partial charge in [-0.1, -0.05) is 25.3 Å². The fourth-order valence-electron chi connectivity index (χ4n) is 5.93. The third-order valence-corrected chi connectivity index (χ3v) is 10.3. The van der Waals surface area contributed by atoms with E-state index in [-0.39, 0.29) is 19.5 Å². The zero-order chi connectivity index (χ0) is 31.0. The van der Waals surface area contributed by atoms with Gasteiger partial charge in [0.1, 0.15) is 12.1 Å². The fourth-order valence-corrected chi connectivity index (χ4v) is 7.59. The number of carbonyl (C=O) groups excluding carboxylic acids is 1. The van der Waals surface area contributed by atoms with Gasteiger partial charge in [-0.3, -0.25) is 14.6 Å². The van der Waals surface area contributed by atoms with Crippen LogP contribution < -0.4 is 10.5 Å². The number of nitrogens with one attached hydrogen (secondary N) is 1. The van der Waals surface area contributed by atoms with Gasteiger partial charge in [-0.15, -0.1) is 0 Å². The number of sulfonamides is 1. The zero-order valence-corrected chi connectivity index (χ0v) is 24.4. The number of carbonyl (C=O) groups is 1. The molecule has 226 valence electrons. The van der Waals surface area contributed by atoms with Crippen molar-refractivity contribution in [1.82, 2.24) is 19.5 Å². The first-order chi connectivity index (χ1) is 21.2. The Labute approximate surface area is 252 Å². The molecule has 13 heteroatoms. The second kappa shape index (κ2) is 11.9. The van der Waals surface area contributed by atoms with Crippen LogP contribution in [-0.4, -0.2) is 46.4 Å². The molecule has 1 aliphatic carbocycles. The zero-order valence-electron chi connectivity index (χ0n) is 23.5. The van der Waals surface area contributed by atoms with Crippen LogP contribution in [0, 0.1) is 23.0 Å². The van der Waals surface area contributed by atoms with Gasteiger partial charge in [-0.25, -0.2) is 22.3 Å². The van der Waals surface area contributed by atoms with Gasteiger partial charge in [0, 0.05) is 23.8 Å². The van der Waals surface area contributed by atoms with E-state index >= 15 is 0 Å². The van der Waals surface area contributed by atoms with Gasteiger partial charge in [0.15, 0.2) is 11.6 Å². The van der Waals surface area contributed by atoms with Crippen LogP contribution in [0.15, 0.2) is 64.5 Å². The van der Waals surface area contributed by atoms with Crippen molar-refractivity contribution in [3.8, 4) is 6.07 Å². The topological polar surface area (TPSA) is 140 Å². The van der Waals surface area contributed by atoms with Gasteiger partial charge in [0.05, 0.1) is 34.3 Å². The summed E-state index contributed by atoms with van der Waals surface area (Å²) in [6, 6.07) is 10.2. The highest BCUT2D eigenvalue weighted by molar-refractivity contribution is 7.89. The molecule has 2 aromatic heterocycles. The molecule has 0 unspecified atom stereocenters. The molecule has 6 rings (SSSR count). The van der Waals surface area contributed by atoms with Crippen molar-refractivity contribution in [1.29, 1.82) is 5.26 Å². The first-order valence-corrected chi connectivity index (χ1v) is 15.8. The largest absolute Gasteiger partial charge is 0.305 e. The molecule has 0 radical (unpaired) electrons. The summed E-state index contributed by atoms with van der Waals surface area (Å²) >= 11 is 0. The molecule has 0 bridgehead atoms. The molecule has 1 amide bonds. The number of benzene rings is 2. The van der Waals surface area contributed by atoms with Gasteiger partial charge in [0.2, 0.25) is 15.9 Å². The third kappa shape index (κ3) is 5.46. The van der Waals surface area contributed by atoms with Crippen molar-refractivity contribution in [3.05, 3.63) is 93.7 Å². The summed E-state index contributed by atoms with van der Waals surface area (Å²) in [4.78, 5) is 31.8. The molecular formula is C31H28F2N6O4S. The van der Waals surface area contributed by atoms with Crippen molar-refractivity contribution >= 4 is 32.4 Å². The second-order valence-electron chi connectivity index (χ2n) is 11.1. The normalized spacial score (nSPS) is 17.6. The van der Waals surface area contributed by atoms with Crippen molar-refractivity contribution in [2.24, 2.45) is 0 Å². The summed E-state index contributed by atoms with van der Waals surface area (Å²) in [6.45, 7) is -0.0150. The standard InChI is InChI=1S/C31H28F2N6O4S/c32-27-14-25(13-21(15-34)29(27)33)44(42,43)39-11-10-28(39)31(41)38(24-8-9-26-22(12-24)17-36-37-30(26)40)18-23-7-6-20(16-35-23)19-4-2-1-3-5-19/h6-9,12-14,16-17,19,28H,1-5,10-11,18H2,(H,37,40)/t28-/m1/s1. The van der Waals surface area contributed by atoms with Gasteiger partial charge >= 0.3 is 0 Å². The lowest BCUT2D eigenvalue weighted by atomic mass is 9.85. The van der Waals surface area contributed by atoms with Crippen LogP contribution in [0.5, 0.6) is 0 Å². The van der Waals surface area contributed by atoms with Gasteiger partial charge in [-0.2, -0.15) is 14.7 Å². The highest BCUT2D eigenvalue weighted by atomic mass is 32.2. The summed E-state index contributed by atoms with van der Waals surface area (Å²) < 4.78 is 56.0. The Morgan fingerprint density at radius 2 is 1.86 bits per heavy atom. The van der Waals surface area contributed by atoms with Crippen molar-refractivity contribution < 1.29 is 22.0 Å². The van der Waals surface area contributed by atoms with Crippen LogP contribution in [0.3, 0.4) is 0 Å². The molecule has 1 N–H and O–H groups in total. The molecule has 4 aromatic rings. The van der Waals surface area contributed by atoms with Gasteiger partial charge < -0.3 is 4.90 Å². The second-order valence-corrected chi connectivity index (χ2v) is 13.0. The number of pyridine rings is 1. The maximum absolute atomic E-state index is 14.2. The number of aromatic nitrogens is 3. The third-order valence-electron chi connectivity index (χ3n) is 8.46. The average molecular weight is 619 g/mol. The molecule has 10 nitrogen and oxygen atoms in total. The van der Waals surface area contributed by atoms with E-state index in [1.807, 2.05) is 18.3 Å². The van der Waals surface area contributed by atoms with E-state index in [0.29, 0.717) is 34.1 Å². The minimum absolute atomic E-state index is 0.0139. The van der Waals surface area contributed by atoms with E-state index in [1.165, 1.54) is 36.4 Å². The van der Waals surface area contributed by atoms with Crippen LogP contribution in [0.25, 0.3) is 10.8 Å². The summed E-state index contributed by atoms with van der Waals surface area (Å²) in [5.74, 6) is -3.03. The van der Waals surface area contributed by atoms with E-state index in [0.717, 1.165) is 28.8 Å². The molecular weight excluding hydrogens is 590 g/mol. The Bertz CT molecular complexity index is 1950. The molecule has 3 heterocycles. The minimum Gasteiger partial charge on any atom is -0.305 e. The maximum atomic E-state index is 14.2. The van der Waals surface area contributed by atoms with E-state index in [9.17, 15) is 26.8 Å². The van der Waals surface area contributed by atoms with Crippen LogP contribution >= 0.6 is 0 Å². The molecule has 44 heavy (non-hydrogen) atoms. The number of nitrogens with zero attached hydrogens (tertiary/aromatic N) is 5. The highest BCUT2D eigenvalue weighted by Gasteiger charge is 2.45. The number of anilines is 1. The number of H-pyrrole nitrogens is 1. The lowest BCUT2D eigenvalue weighted by molar-refractivity contribution is -0.125. The SMILES string of the molecule is N#Cc1cc(S(=O)(=O)N2CC[C@@H]2C(=O)N(Cc2ccc(C3CCCCC3)cn2)c2ccc3c(=O)[nH]ncc3c2)cc(F)c1F. The Kier molecular flexibility index (Phi) is 7.96. The summed E-state index contributed by atoms with van der Waals surface area (Å²) in [6.07, 6.45) is 9.27. The number of hydrogen-bond acceptors (Lipinski definition) is 7. The van der Waals surface area contributed by atoms with Crippen LogP contribution in [-0.2, 0) is 21.4 Å². The smallest absolute Gasteiger partial charge is 0.272 e. The Balaban J connectivity index is 1.33. The Morgan fingerprint density at radius 3 is 2.55 bits per heavy atom. The van der Waals surface area contributed by atoms with Crippen molar-refractivity contribution in [2.45, 2.75) is 61.9 Å². The number of rotatable bonds is 7. The summed E-state index contributed by atoms with van der Waals surface area (Å²) in [7, 11) is -4.46. The molecule has 1 saturated heterocycles. The predicted octanol–water partition coefficient (Wildman–Crippen LogP) is 4.51. The van der Waals surface area contributed by atoms with Gasteiger partial charge in [0.25, 0.3) is 5.56 Å². The molecule has 1 saturated carbocycles. The first-order valence-electron chi connectivity index (χ1n) is 14.3. The maximum Gasteiger partial charge on any atom is 0.272 e. The number of hydrogen-bond donors (Lipinski definition) is 1. The molecule has 2 fully saturated rings. The fraction of sp³-hybridized carbons (Fsp3) is 0.323. The first kappa shape index (κ1) is 29.5. The molecule has 1 atom stereocenters. The monoisotopic (exact) mass is 618 g/mol. The lowest BCUT2D eigenvalue weighted by Gasteiger charge is -2.41. The number of aromatic amines is 1. The van der Waals surface area contributed by atoms with E-state index < -0.39 is 49.6 Å². The van der Waals surface area contributed by atoms with Crippen molar-refractivity contribution in [3.63, 3.8) is 0 Å². The van der Waals surface area contributed by atoms with Crippen molar-refractivity contribution in [2.75, 3.05) is 11.4 Å². The molecule has 1 aliphatic heterocycles. The Hall–Kier alpha value is -4.54. The average Bonchev–Trinajstić information content (AvgIpc) is 3.01. The summed E-state index contributed by atoms with van der Waals surface area (Å²) in [5.41, 5.74) is 0.969. The van der Waals surface area contributed by atoms with Gasteiger partial charge in [-0.05, 0) is 67.1 Å². The predicted molar refractivity (Wildman–Crippen MR) is 157 cm³/mol. The van der Waals surface area contributed by atoms with E-state index in [4.69, 9.17) is 5.26 Å². The van der Waals surface area contributed by atoms with Crippen LogP contribution in [0.1, 0.15) is 61.3 Å². The minimum atomic E-state index is -4.46. The lowest BCUT2D eigenvalue weighted by Crippen LogP contribution is -2.59. The highest BCUT2D eigenvalue weighted by Crippen LogP contribution is 2.34. The molecule has 0 spiro atoms. The van der Waals surface area contributed by atoms with Crippen LogP contribution in [0.4, 0.5) is 14.5 Å². The summed E-state index contributed by atoms with van der Waals surface area (Å²) in [5, 5.41) is 16.2.